The van der Waals surface area contributed by atoms with E-state index >= 15 is 0 Å². The molecule has 130 valence electrons. The summed E-state index contributed by atoms with van der Waals surface area (Å²) in [6.45, 7) is 3.57. The molecule has 2 aliphatic rings. The normalized spacial score (nSPS) is 23.6. The van der Waals surface area contributed by atoms with Crippen LogP contribution in [0.1, 0.15) is 6.42 Å². The van der Waals surface area contributed by atoms with Gasteiger partial charge in [0, 0.05) is 19.6 Å². The van der Waals surface area contributed by atoms with Gasteiger partial charge in [0.05, 0.1) is 37.2 Å². The second-order valence-electron chi connectivity index (χ2n) is 5.34. The van der Waals surface area contributed by atoms with Gasteiger partial charge in [-0.3, -0.25) is 4.79 Å². The fraction of sp³-hybridized carbons (Fsp3) is 0.571. The summed E-state index contributed by atoms with van der Waals surface area (Å²) in [7, 11) is 0. The molecule has 2 atom stereocenters. The summed E-state index contributed by atoms with van der Waals surface area (Å²) in [5.74, 6) is 0.762. The molecule has 2 aliphatic heterocycles. The molecule has 2 saturated heterocycles. The second-order valence-corrected chi connectivity index (χ2v) is 5.34. The molecule has 0 radical (unpaired) electrons. The zero-order valence-corrected chi connectivity index (χ0v) is 14.2. The van der Waals surface area contributed by atoms with Crippen LogP contribution in [0.5, 0.6) is 0 Å². The topological polar surface area (TPSA) is 86.7 Å². The van der Waals surface area contributed by atoms with Crippen molar-refractivity contribution in [2.45, 2.75) is 18.6 Å². The average Bonchev–Trinajstić information content (AvgIpc) is 2.96. The van der Waals surface area contributed by atoms with Gasteiger partial charge in [-0.2, -0.15) is 0 Å². The van der Waals surface area contributed by atoms with Crippen LogP contribution >= 0.6 is 24.8 Å². The van der Waals surface area contributed by atoms with Crippen molar-refractivity contribution in [3.8, 4) is 0 Å². The molecule has 0 aliphatic carbocycles. The lowest BCUT2D eigenvalue weighted by atomic mass is 10.2. The van der Waals surface area contributed by atoms with Crippen molar-refractivity contribution in [1.82, 2.24) is 10.3 Å². The number of morpholine rings is 1. The van der Waals surface area contributed by atoms with E-state index in [1.807, 2.05) is 12.1 Å². The summed E-state index contributed by atoms with van der Waals surface area (Å²) in [5.41, 5.74) is 0.667. The van der Waals surface area contributed by atoms with E-state index in [0.29, 0.717) is 18.7 Å². The highest BCUT2D eigenvalue weighted by molar-refractivity contribution is 5.95. The van der Waals surface area contributed by atoms with E-state index < -0.39 is 6.10 Å². The lowest BCUT2D eigenvalue weighted by molar-refractivity contribution is -0.117. The first-order valence-electron chi connectivity index (χ1n) is 7.23. The van der Waals surface area contributed by atoms with Crippen LogP contribution in [0.3, 0.4) is 0 Å². The van der Waals surface area contributed by atoms with Crippen LogP contribution in [-0.2, 0) is 9.53 Å². The Bertz CT molecular complexity index is 497. The maximum absolute atomic E-state index is 12.0. The fourth-order valence-corrected chi connectivity index (χ4v) is 2.59. The molecule has 0 aromatic carbocycles. The number of carbonyl (C=O) groups is 1. The molecule has 3 heterocycles. The molecule has 3 N–H and O–H groups in total. The number of rotatable bonds is 3. The molecular weight excluding hydrogens is 343 g/mol. The molecule has 0 spiro atoms. The van der Waals surface area contributed by atoms with Crippen LogP contribution in [0, 0.1) is 0 Å². The van der Waals surface area contributed by atoms with E-state index in [2.05, 4.69) is 20.5 Å². The number of hydrogen-bond donors (Lipinski definition) is 3. The Balaban J connectivity index is 0.00000132. The Kier molecular flexibility index (Phi) is 8.01. The first kappa shape index (κ1) is 19.9. The third kappa shape index (κ3) is 5.19. The molecule has 9 heteroatoms. The Morgan fingerprint density at radius 2 is 2.09 bits per heavy atom. The minimum absolute atomic E-state index is 0. The molecule has 2 fully saturated rings. The van der Waals surface area contributed by atoms with Gasteiger partial charge >= 0.3 is 0 Å². The van der Waals surface area contributed by atoms with Gasteiger partial charge in [0.2, 0.25) is 5.91 Å². The van der Waals surface area contributed by atoms with Gasteiger partial charge in [-0.25, -0.2) is 4.98 Å². The molecule has 1 amide bonds. The molecular formula is C14H22Cl2N4O3. The summed E-state index contributed by atoms with van der Waals surface area (Å²) < 4.78 is 5.31. The molecule has 3 rings (SSSR count). The Morgan fingerprint density at radius 1 is 1.35 bits per heavy atom. The minimum Gasteiger partial charge on any atom is -0.392 e. The Morgan fingerprint density at radius 3 is 2.65 bits per heavy atom. The zero-order valence-electron chi connectivity index (χ0n) is 12.6. The fourth-order valence-electron chi connectivity index (χ4n) is 2.59. The van der Waals surface area contributed by atoms with E-state index in [1.54, 1.807) is 6.20 Å². The van der Waals surface area contributed by atoms with Gasteiger partial charge in [-0.15, -0.1) is 24.8 Å². The number of pyridine rings is 1. The van der Waals surface area contributed by atoms with E-state index in [4.69, 9.17) is 4.74 Å². The summed E-state index contributed by atoms with van der Waals surface area (Å²) in [4.78, 5) is 18.5. The predicted octanol–water partition coefficient (Wildman–Crippen LogP) is 0.423. The number of hydrogen-bond acceptors (Lipinski definition) is 6. The molecule has 2 unspecified atom stereocenters. The van der Waals surface area contributed by atoms with E-state index in [-0.39, 0.29) is 36.8 Å². The van der Waals surface area contributed by atoms with Crippen molar-refractivity contribution in [2.75, 3.05) is 43.1 Å². The summed E-state index contributed by atoms with van der Waals surface area (Å²) in [6, 6.07) is 3.41. The van der Waals surface area contributed by atoms with Gasteiger partial charge in [0.25, 0.3) is 0 Å². The third-order valence-electron chi connectivity index (χ3n) is 3.77. The lowest BCUT2D eigenvalue weighted by Gasteiger charge is -2.27. The summed E-state index contributed by atoms with van der Waals surface area (Å²) in [6.07, 6.45) is 1.67. The smallest absolute Gasteiger partial charge is 0.241 e. The predicted molar refractivity (Wildman–Crippen MR) is 92.8 cm³/mol. The van der Waals surface area contributed by atoms with E-state index in [9.17, 15) is 9.90 Å². The van der Waals surface area contributed by atoms with Gasteiger partial charge in [0.1, 0.15) is 5.82 Å². The second kappa shape index (κ2) is 9.24. The zero-order chi connectivity index (χ0) is 14.7. The number of halogens is 2. The number of aromatic nitrogens is 1. The van der Waals surface area contributed by atoms with Crippen molar-refractivity contribution in [2.24, 2.45) is 0 Å². The van der Waals surface area contributed by atoms with Crippen LogP contribution in [0.2, 0.25) is 0 Å². The summed E-state index contributed by atoms with van der Waals surface area (Å²) >= 11 is 0. The number of aliphatic hydroxyl groups excluding tert-OH is 1. The highest BCUT2D eigenvalue weighted by Gasteiger charge is 2.28. The van der Waals surface area contributed by atoms with Crippen molar-refractivity contribution in [3.05, 3.63) is 18.3 Å². The van der Waals surface area contributed by atoms with Gasteiger partial charge in [-0.05, 0) is 18.6 Å². The highest BCUT2D eigenvalue weighted by Crippen LogP contribution is 2.16. The Hall–Kier alpha value is -1.12. The van der Waals surface area contributed by atoms with Crippen LogP contribution in [0.4, 0.5) is 11.5 Å². The van der Waals surface area contributed by atoms with Crippen molar-refractivity contribution < 1.29 is 14.6 Å². The van der Waals surface area contributed by atoms with E-state index in [1.165, 1.54) is 0 Å². The molecule has 1 aromatic heterocycles. The van der Waals surface area contributed by atoms with Gasteiger partial charge < -0.3 is 25.4 Å². The van der Waals surface area contributed by atoms with Gasteiger partial charge in [0.15, 0.2) is 0 Å². The number of aliphatic hydroxyl groups is 1. The van der Waals surface area contributed by atoms with Crippen LogP contribution in [0.25, 0.3) is 0 Å². The van der Waals surface area contributed by atoms with Crippen molar-refractivity contribution in [3.63, 3.8) is 0 Å². The van der Waals surface area contributed by atoms with Gasteiger partial charge in [-0.1, -0.05) is 0 Å². The Labute approximate surface area is 147 Å². The number of anilines is 2. The molecule has 0 saturated carbocycles. The largest absolute Gasteiger partial charge is 0.392 e. The number of nitrogens with zero attached hydrogens (tertiary/aromatic N) is 2. The molecule has 1 aromatic rings. The lowest BCUT2D eigenvalue weighted by Crippen LogP contribution is -2.37. The first-order chi connectivity index (χ1) is 10.2. The maximum Gasteiger partial charge on any atom is 0.241 e. The van der Waals surface area contributed by atoms with Crippen LogP contribution in [0.15, 0.2) is 18.3 Å². The third-order valence-corrected chi connectivity index (χ3v) is 3.77. The average molecular weight is 365 g/mol. The summed E-state index contributed by atoms with van der Waals surface area (Å²) in [5, 5.41) is 15.2. The first-order valence-corrected chi connectivity index (χ1v) is 7.23. The van der Waals surface area contributed by atoms with Crippen LogP contribution < -0.4 is 15.5 Å². The number of nitrogens with one attached hydrogen (secondary N) is 2. The molecule has 7 nitrogen and oxygen atoms in total. The van der Waals surface area contributed by atoms with E-state index in [0.717, 1.165) is 32.1 Å². The monoisotopic (exact) mass is 364 g/mol. The highest BCUT2D eigenvalue weighted by atomic mass is 35.5. The standard InChI is InChI=1S/C14H20N4O3.2ClH/c19-11-7-12(15-9-11)14(20)17-10-1-2-13(16-8-10)18-3-5-21-6-4-18;;/h1-2,8,11-12,15,19H,3-7,9H2,(H,17,20);2*1H. The number of β-amino-alcohol motifs (C(OH)–C–C–N with tert-alkyl or cyclic N) is 1. The minimum atomic E-state index is -0.442. The molecule has 23 heavy (non-hydrogen) atoms. The van der Waals surface area contributed by atoms with Crippen LogP contribution in [-0.4, -0.2) is 61.0 Å². The molecule has 0 bridgehead atoms. The number of ether oxygens (including phenoxy) is 1. The van der Waals surface area contributed by atoms with Crippen molar-refractivity contribution >= 4 is 42.2 Å². The quantitative estimate of drug-likeness (QED) is 0.720. The van der Waals surface area contributed by atoms with Crippen molar-refractivity contribution in [1.29, 1.82) is 0 Å². The SMILES string of the molecule is Cl.Cl.O=C(Nc1ccc(N2CCOCC2)nc1)C1CC(O)CN1. The number of carbonyl (C=O) groups excluding carboxylic acids is 1. The number of amides is 1. The maximum atomic E-state index is 12.0.